The van der Waals surface area contributed by atoms with Crippen LogP contribution < -0.4 is 10.1 Å². The van der Waals surface area contributed by atoms with Crippen molar-refractivity contribution < 1.29 is 9.84 Å². The van der Waals surface area contributed by atoms with Crippen molar-refractivity contribution in [3.63, 3.8) is 0 Å². The smallest absolute Gasteiger partial charge is 0.118 e. The topological polar surface area (TPSA) is 41.5 Å². The zero-order chi connectivity index (χ0) is 15.5. The van der Waals surface area contributed by atoms with Gasteiger partial charge in [0.2, 0.25) is 0 Å². The van der Waals surface area contributed by atoms with Crippen molar-refractivity contribution in [1.82, 2.24) is 5.32 Å². The molecule has 3 heteroatoms. The second-order valence-electron chi connectivity index (χ2n) is 7.42. The summed E-state index contributed by atoms with van der Waals surface area (Å²) in [6.45, 7) is 7.15. The Labute approximate surface area is 128 Å². The molecule has 3 nitrogen and oxygen atoms in total. The molecule has 2 atom stereocenters. The summed E-state index contributed by atoms with van der Waals surface area (Å²) >= 11 is 0. The van der Waals surface area contributed by atoms with Crippen LogP contribution in [0.5, 0.6) is 5.75 Å². The molecular formula is C18H29NO2. The summed E-state index contributed by atoms with van der Waals surface area (Å²) in [5.41, 5.74) is 1.46. The molecule has 1 saturated carbocycles. The molecule has 2 unspecified atom stereocenters. The Morgan fingerprint density at radius 1 is 1.24 bits per heavy atom. The molecule has 1 aromatic carbocycles. The van der Waals surface area contributed by atoms with Crippen molar-refractivity contribution in [3.05, 3.63) is 29.8 Å². The van der Waals surface area contributed by atoms with Crippen LogP contribution in [-0.4, -0.2) is 24.9 Å². The van der Waals surface area contributed by atoms with Gasteiger partial charge in [0.25, 0.3) is 0 Å². The summed E-state index contributed by atoms with van der Waals surface area (Å²) in [7, 11) is 1.69. The maximum atomic E-state index is 10.2. The molecule has 0 spiro atoms. The van der Waals surface area contributed by atoms with Crippen molar-refractivity contribution in [2.75, 3.05) is 13.7 Å². The van der Waals surface area contributed by atoms with E-state index >= 15 is 0 Å². The van der Waals surface area contributed by atoms with Gasteiger partial charge in [-0.1, -0.05) is 32.9 Å². The zero-order valence-corrected chi connectivity index (χ0v) is 13.7. The molecule has 2 N–H and O–H groups in total. The van der Waals surface area contributed by atoms with Gasteiger partial charge in [-0.05, 0) is 48.3 Å². The summed E-state index contributed by atoms with van der Waals surface area (Å²) in [5, 5.41) is 13.7. The quantitative estimate of drug-likeness (QED) is 0.807. The van der Waals surface area contributed by atoms with Gasteiger partial charge < -0.3 is 15.2 Å². The minimum absolute atomic E-state index is 0.163. The highest BCUT2D eigenvalue weighted by atomic mass is 16.5. The van der Waals surface area contributed by atoms with Crippen molar-refractivity contribution in [2.24, 2.45) is 11.3 Å². The van der Waals surface area contributed by atoms with Crippen molar-refractivity contribution >= 4 is 0 Å². The van der Waals surface area contributed by atoms with Gasteiger partial charge in [0.05, 0.1) is 13.2 Å². The largest absolute Gasteiger partial charge is 0.497 e. The van der Waals surface area contributed by atoms with Crippen LogP contribution in [0, 0.1) is 11.3 Å². The highest BCUT2D eigenvalue weighted by Gasteiger charge is 2.32. The lowest BCUT2D eigenvalue weighted by Gasteiger charge is -2.25. The third kappa shape index (κ3) is 5.33. The molecule has 0 aromatic heterocycles. The zero-order valence-electron chi connectivity index (χ0n) is 13.7. The predicted octanol–water partition coefficient (Wildman–Crippen LogP) is 3.53. The normalized spacial score (nSPS) is 18.3. The summed E-state index contributed by atoms with van der Waals surface area (Å²) < 4.78 is 5.22. The van der Waals surface area contributed by atoms with Gasteiger partial charge in [-0.2, -0.15) is 0 Å². The van der Waals surface area contributed by atoms with E-state index < -0.39 is 0 Å². The van der Waals surface area contributed by atoms with Gasteiger partial charge in [-0.15, -0.1) is 0 Å². The SMILES string of the molecule is COc1ccc(C(NCC(O)CC(C)(C)C)C2CC2)cc1. The van der Waals surface area contributed by atoms with Gasteiger partial charge in [-0.3, -0.25) is 0 Å². The van der Waals surface area contributed by atoms with Gasteiger partial charge in [0, 0.05) is 12.6 Å². The van der Waals surface area contributed by atoms with Crippen LogP contribution in [-0.2, 0) is 0 Å². The Bertz CT molecular complexity index is 432. The van der Waals surface area contributed by atoms with E-state index in [0.717, 1.165) is 12.2 Å². The number of ether oxygens (including phenoxy) is 1. The summed E-state index contributed by atoms with van der Waals surface area (Å²) in [4.78, 5) is 0. The number of nitrogens with one attached hydrogen (secondary N) is 1. The van der Waals surface area contributed by atoms with Crippen molar-refractivity contribution in [2.45, 2.75) is 52.2 Å². The first-order valence-corrected chi connectivity index (χ1v) is 7.94. The molecule has 118 valence electrons. The Morgan fingerprint density at radius 3 is 2.33 bits per heavy atom. The fourth-order valence-electron chi connectivity index (χ4n) is 2.84. The highest BCUT2D eigenvalue weighted by molar-refractivity contribution is 5.30. The lowest BCUT2D eigenvalue weighted by atomic mass is 9.89. The maximum absolute atomic E-state index is 10.2. The summed E-state index contributed by atoms with van der Waals surface area (Å²) in [5.74, 6) is 1.60. The van der Waals surface area contributed by atoms with Crippen LogP contribution in [0.15, 0.2) is 24.3 Å². The van der Waals surface area contributed by atoms with Crippen LogP contribution >= 0.6 is 0 Å². The lowest BCUT2D eigenvalue weighted by Crippen LogP contribution is -2.33. The summed E-state index contributed by atoms with van der Waals surface area (Å²) in [6.07, 6.45) is 3.09. The molecule has 0 aliphatic heterocycles. The lowest BCUT2D eigenvalue weighted by molar-refractivity contribution is 0.115. The number of hydrogen-bond donors (Lipinski definition) is 2. The van der Waals surface area contributed by atoms with E-state index in [1.54, 1.807) is 7.11 Å². The highest BCUT2D eigenvalue weighted by Crippen LogP contribution is 2.41. The van der Waals surface area contributed by atoms with Gasteiger partial charge >= 0.3 is 0 Å². The first kappa shape index (κ1) is 16.3. The van der Waals surface area contributed by atoms with Gasteiger partial charge in [0.15, 0.2) is 0 Å². The molecule has 1 aromatic rings. The first-order chi connectivity index (χ1) is 9.89. The van der Waals surface area contributed by atoms with E-state index in [1.807, 2.05) is 12.1 Å². The van der Waals surface area contributed by atoms with E-state index in [2.05, 4.69) is 38.2 Å². The van der Waals surface area contributed by atoms with E-state index in [4.69, 9.17) is 4.74 Å². The Kier molecular flexibility index (Phi) is 5.28. The maximum Gasteiger partial charge on any atom is 0.118 e. The van der Waals surface area contributed by atoms with E-state index in [0.29, 0.717) is 18.5 Å². The molecule has 0 amide bonds. The molecule has 21 heavy (non-hydrogen) atoms. The third-order valence-electron chi connectivity index (χ3n) is 3.99. The monoisotopic (exact) mass is 291 g/mol. The minimum Gasteiger partial charge on any atom is -0.497 e. The Morgan fingerprint density at radius 2 is 1.86 bits per heavy atom. The van der Waals surface area contributed by atoms with Crippen molar-refractivity contribution in [1.29, 1.82) is 0 Å². The molecule has 0 radical (unpaired) electrons. The van der Waals surface area contributed by atoms with Crippen LogP contribution in [0.1, 0.15) is 51.6 Å². The van der Waals surface area contributed by atoms with Crippen LogP contribution in [0.3, 0.4) is 0 Å². The summed E-state index contributed by atoms with van der Waals surface area (Å²) in [6, 6.07) is 8.64. The third-order valence-corrected chi connectivity index (χ3v) is 3.99. The molecule has 0 bridgehead atoms. The van der Waals surface area contributed by atoms with Crippen LogP contribution in [0.25, 0.3) is 0 Å². The minimum atomic E-state index is -0.288. The predicted molar refractivity (Wildman–Crippen MR) is 86.5 cm³/mol. The Balaban J connectivity index is 1.93. The Hall–Kier alpha value is -1.06. The standard InChI is InChI=1S/C18H29NO2/c1-18(2,3)11-15(20)12-19-17(13-5-6-13)14-7-9-16(21-4)10-8-14/h7-10,13,15,17,19-20H,5-6,11-12H2,1-4H3. The number of aliphatic hydroxyl groups excluding tert-OH is 1. The molecule has 0 heterocycles. The van der Waals surface area contributed by atoms with E-state index in [1.165, 1.54) is 18.4 Å². The average Bonchev–Trinajstić information content (AvgIpc) is 3.22. The number of rotatable bonds is 7. The molecule has 1 aliphatic carbocycles. The fourth-order valence-corrected chi connectivity index (χ4v) is 2.84. The second-order valence-corrected chi connectivity index (χ2v) is 7.42. The first-order valence-electron chi connectivity index (χ1n) is 7.94. The molecular weight excluding hydrogens is 262 g/mol. The molecule has 1 fully saturated rings. The second kappa shape index (κ2) is 6.80. The number of methoxy groups -OCH3 is 1. The number of aliphatic hydroxyl groups is 1. The molecule has 1 aliphatic rings. The van der Waals surface area contributed by atoms with E-state index in [9.17, 15) is 5.11 Å². The number of hydrogen-bond acceptors (Lipinski definition) is 3. The van der Waals surface area contributed by atoms with Gasteiger partial charge in [-0.25, -0.2) is 0 Å². The van der Waals surface area contributed by atoms with Crippen molar-refractivity contribution in [3.8, 4) is 5.75 Å². The fraction of sp³-hybridized carbons (Fsp3) is 0.667. The average molecular weight is 291 g/mol. The number of benzene rings is 1. The van der Waals surface area contributed by atoms with Crippen LogP contribution in [0.4, 0.5) is 0 Å². The molecule has 2 rings (SSSR count). The van der Waals surface area contributed by atoms with Gasteiger partial charge in [0.1, 0.15) is 5.75 Å². The van der Waals surface area contributed by atoms with E-state index in [-0.39, 0.29) is 11.5 Å². The molecule has 0 saturated heterocycles. The van der Waals surface area contributed by atoms with Crippen LogP contribution in [0.2, 0.25) is 0 Å².